The highest BCUT2D eigenvalue weighted by molar-refractivity contribution is 14.0. The molecule has 30 heavy (non-hydrogen) atoms. The van der Waals surface area contributed by atoms with Gasteiger partial charge in [-0.3, -0.25) is 4.79 Å². The summed E-state index contributed by atoms with van der Waals surface area (Å²) in [6, 6.07) is 7.77. The van der Waals surface area contributed by atoms with Crippen molar-refractivity contribution >= 4 is 47.6 Å². The minimum Gasteiger partial charge on any atom is -0.357 e. The van der Waals surface area contributed by atoms with Gasteiger partial charge >= 0.3 is 0 Å². The summed E-state index contributed by atoms with van der Waals surface area (Å²) in [5.41, 5.74) is 1.74. The third-order valence-corrected chi connectivity index (χ3v) is 6.46. The Morgan fingerprint density at radius 3 is 2.77 bits per heavy atom. The van der Waals surface area contributed by atoms with Crippen LogP contribution in [0.3, 0.4) is 0 Å². The summed E-state index contributed by atoms with van der Waals surface area (Å²) in [5, 5.41) is 7.05. The van der Waals surface area contributed by atoms with Crippen LogP contribution in [0, 0.1) is 5.92 Å². The maximum absolute atomic E-state index is 12.4. The van der Waals surface area contributed by atoms with Crippen molar-refractivity contribution in [2.24, 2.45) is 10.9 Å². The average Bonchev–Trinajstić information content (AvgIpc) is 2.71. The maximum atomic E-state index is 12.4. The van der Waals surface area contributed by atoms with Gasteiger partial charge in [0.15, 0.2) is 5.96 Å². The fourth-order valence-corrected chi connectivity index (χ4v) is 4.47. The SMILES string of the molecule is CCNC(=NCc1cccc(C(=O)NCCN(C)C)c1)N1CCSC(C(C)C)C1.I. The zero-order chi connectivity index (χ0) is 21.2. The zero-order valence-electron chi connectivity index (χ0n) is 19.0. The van der Waals surface area contributed by atoms with E-state index in [2.05, 4.69) is 53.0 Å². The molecule has 1 fully saturated rings. The third kappa shape index (κ3) is 9.01. The second-order valence-electron chi connectivity index (χ2n) is 8.03. The molecule has 1 aromatic carbocycles. The molecule has 1 atom stereocenters. The lowest BCUT2D eigenvalue weighted by atomic mass is 10.1. The number of nitrogens with zero attached hydrogens (tertiary/aromatic N) is 3. The van der Waals surface area contributed by atoms with Crippen molar-refractivity contribution in [3.05, 3.63) is 35.4 Å². The lowest BCUT2D eigenvalue weighted by Crippen LogP contribution is -2.49. The largest absolute Gasteiger partial charge is 0.357 e. The molecule has 0 spiro atoms. The smallest absolute Gasteiger partial charge is 0.251 e. The molecular formula is C22H38IN5OS. The van der Waals surface area contributed by atoms with Gasteiger partial charge in [-0.15, -0.1) is 24.0 Å². The quantitative estimate of drug-likeness (QED) is 0.298. The van der Waals surface area contributed by atoms with Crippen LogP contribution in [0.25, 0.3) is 0 Å². The van der Waals surface area contributed by atoms with Gasteiger partial charge in [-0.05, 0) is 44.6 Å². The van der Waals surface area contributed by atoms with Crippen molar-refractivity contribution in [3.8, 4) is 0 Å². The lowest BCUT2D eigenvalue weighted by molar-refractivity contribution is 0.0951. The van der Waals surface area contributed by atoms with Crippen LogP contribution in [0.1, 0.15) is 36.7 Å². The van der Waals surface area contributed by atoms with E-state index in [4.69, 9.17) is 4.99 Å². The van der Waals surface area contributed by atoms with Crippen molar-refractivity contribution in [2.75, 3.05) is 52.6 Å². The molecule has 8 heteroatoms. The van der Waals surface area contributed by atoms with Crippen molar-refractivity contribution < 1.29 is 4.79 Å². The van der Waals surface area contributed by atoms with Crippen LogP contribution in [0.2, 0.25) is 0 Å². The zero-order valence-corrected chi connectivity index (χ0v) is 22.1. The van der Waals surface area contributed by atoms with E-state index in [0.717, 1.165) is 43.5 Å². The number of guanidine groups is 1. The Hall–Kier alpha value is -1.00. The van der Waals surface area contributed by atoms with Crippen LogP contribution in [0.5, 0.6) is 0 Å². The first-order chi connectivity index (χ1) is 13.9. The molecule has 0 bridgehead atoms. The molecule has 170 valence electrons. The Morgan fingerprint density at radius 1 is 1.33 bits per heavy atom. The van der Waals surface area contributed by atoms with Gasteiger partial charge in [0.2, 0.25) is 0 Å². The lowest BCUT2D eigenvalue weighted by Gasteiger charge is -2.36. The number of amides is 1. The predicted octanol–water partition coefficient (Wildman–Crippen LogP) is 3.13. The van der Waals surface area contributed by atoms with E-state index >= 15 is 0 Å². The second kappa shape index (κ2) is 14.1. The molecule has 1 amide bonds. The molecule has 1 aromatic rings. The van der Waals surface area contributed by atoms with Gasteiger partial charge in [-0.2, -0.15) is 11.8 Å². The van der Waals surface area contributed by atoms with Crippen molar-refractivity contribution in [1.29, 1.82) is 0 Å². The molecule has 0 radical (unpaired) electrons. The topological polar surface area (TPSA) is 60.0 Å². The summed E-state index contributed by atoms with van der Waals surface area (Å²) in [7, 11) is 3.99. The molecule has 1 saturated heterocycles. The Kier molecular flexibility index (Phi) is 12.7. The number of nitrogens with one attached hydrogen (secondary N) is 2. The number of rotatable bonds is 8. The maximum Gasteiger partial charge on any atom is 0.251 e. The van der Waals surface area contributed by atoms with E-state index in [0.29, 0.717) is 29.8 Å². The number of halogens is 1. The summed E-state index contributed by atoms with van der Waals surface area (Å²) in [5.74, 6) is 2.74. The minimum atomic E-state index is -0.0302. The van der Waals surface area contributed by atoms with E-state index in [1.165, 1.54) is 0 Å². The number of aliphatic imine (C=N–C) groups is 1. The number of carbonyl (C=O) groups is 1. The van der Waals surface area contributed by atoms with Crippen LogP contribution < -0.4 is 10.6 Å². The fourth-order valence-electron chi connectivity index (χ4n) is 3.17. The number of carbonyl (C=O) groups excluding carboxylic acids is 1. The molecular weight excluding hydrogens is 509 g/mol. The molecule has 1 unspecified atom stereocenters. The molecule has 6 nitrogen and oxygen atoms in total. The Labute approximate surface area is 203 Å². The highest BCUT2D eigenvalue weighted by atomic mass is 127. The molecule has 1 heterocycles. The first kappa shape index (κ1) is 27.0. The summed E-state index contributed by atoms with van der Waals surface area (Å²) >= 11 is 2.07. The number of hydrogen-bond donors (Lipinski definition) is 2. The van der Waals surface area contributed by atoms with E-state index in [-0.39, 0.29) is 29.9 Å². The van der Waals surface area contributed by atoms with Gasteiger partial charge in [0.25, 0.3) is 5.91 Å². The monoisotopic (exact) mass is 547 g/mol. The predicted molar refractivity (Wildman–Crippen MR) is 140 cm³/mol. The third-order valence-electron chi connectivity index (χ3n) is 4.92. The Morgan fingerprint density at radius 2 is 2.10 bits per heavy atom. The Bertz CT molecular complexity index is 683. The molecule has 0 aliphatic carbocycles. The average molecular weight is 548 g/mol. The first-order valence-corrected chi connectivity index (χ1v) is 11.6. The molecule has 0 aromatic heterocycles. The van der Waals surface area contributed by atoms with E-state index in [9.17, 15) is 4.79 Å². The summed E-state index contributed by atoms with van der Waals surface area (Å²) in [6.45, 7) is 11.6. The van der Waals surface area contributed by atoms with Gasteiger partial charge in [-0.1, -0.05) is 26.0 Å². The van der Waals surface area contributed by atoms with E-state index in [1.807, 2.05) is 38.4 Å². The van der Waals surface area contributed by atoms with E-state index < -0.39 is 0 Å². The normalized spacial score (nSPS) is 17.1. The molecule has 2 N–H and O–H groups in total. The number of hydrogen-bond acceptors (Lipinski definition) is 4. The summed E-state index contributed by atoms with van der Waals surface area (Å²) in [4.78, 5) is 21.7. The second-order valence-corrected chi connectivity index (χ2v) is 9.38. The molecule has 2 rings (SSSR count). The van der Waals surface area contributed by atoms with Gasteiger partial charge in [0.1, 0.15) is 0 Å². The van der Waals surface area contributed by atoms with Crippen molar-refractivity contribution in [2.45, 2.75) is 32.6 Å². The summed E-state index contributed by atoms with van der Waals surface area (Å²) in [6.07, 6.45) is 0. The van der Waals surface area contributed by atoms with Crippen molar-refractivity contribution in [1.82, 2.24) is 20.4 Å². The highest BCUT2D eigenvalue weighted by Gasteiger charge is 2.24. The molecule has 0 saturated carbocycles. The fraction of sp³-hybridized carbons (Fsp3) is 0.636. The standard InChI is InChI=1S/C22H37N5OS.HI/c1-6-23-22(27-12-13-29-20(16-27)17(2)3)25-15-18-8-7-9-19(14-18)21(28)24-10-11-26(4)5;/h7-9,14,17,20H,6,10-13,15-16H2,1-5H3,(H,23,25)(H,24,28);1H. The number of benzene rings is 1. The van der Waals surface area contributed by atoms with Crippen molar-refractivity contribution in [3.63, 3.8) is 0 Å². The summed E-state index contributed by atoms with van der Waals surface area (Å²) < 4.78 is 0. The molecule has 1 aliphatic heterocycles. The van der Waals surface area contributed by atoms with Crippen LogP contribution in [-0.4, -0.2) is 79.5 Å². The van der Waals surface area contributed by atoms with Crippen LogP contribution in [0.15, 0.2) is 29.3 Å². The minimum absolute atomic E-state index is 0. The van der Waals surface area contributed by atoms with E-state index in [1.54, 1.807) is 0 Å². The number of likely N-dealkylation sites (N-methyl/N-ethyl adjacent to an activating group) is 1. The Balaban J connectivity index is 0.00000450. The van der Waals surface area contributed by atoms with Gasteiger partial charge in [-0.25, -0.2) is 4.99 Å². The first-order valence-electron chi connectivity index (χ1n) is 10.6. The number of thioether (sulfide) groups is 1. The van der Waals surface area contributed by atoms with Gasteiger partial charge < -0.3 is 20.4 Å². The van der Waals surface area contributed by atoms with Crippen LogP contribution in [0.4, 0.5) is 0 Å². The molecule has 1 aliphatic rings. The van der Waals surface area contributed by atoms with Gasteiger partial charge in [0.05, 0.1) is 6.54 Å². The van der Waals surface area contributed by atoms with Crippen LogP contribution >= 0.6 is 35.7 Å². The van der Waals surface area contributed by atoms with Crippen LogP contribution in [-0.2, 0) is 6.54 Å². The highest BCUT2D eigenvalue weighted by Crippen LogP contribution is 2.25. The van der Waals surface area contributed by atoms with Gasteiger partial charge in [0, 0.05) is 49.3 Å².